The second-order valence-electron chi connectivity index (χ2n) is 7.74. The van der Waals surface area contributed by atoms with E-state index in [9.17, 15) is 27.5 Å². The Morgan fingerprint density at radius 1 is 1.34 bits per heavy atom. The quantitative estimate of drug-likeness (QED) is 0.504. The molecule has 1 fully saturated rings. The molecule has 8 nitrogen and oxygen atoms in total. The summed E-state index contributed by atoms with van der Waals surface area (Å²) in [5.74, 6) is -1.57. The van der Waals surface area contributed by atoms with E-state index in [0.717, 1.165) is 37.1 Å². The summed E-state index contributed by atoms with van der Waals surface area (Å²) in [5, 5.41) is 11.9. The monoisotopic (exact) mass is 430 g/mol. The molecular weight excluding hydrogens is 403 g/mol. The summed E-state index contributed by atoms with van der Waals surface area (Å²) in [6.07, 6.45) is 2.05. The van der Waals surface area contributed by atoms with Crippen molar-refractivity contribution < 1.29 is 32.2 Å². The number of benzene rings is 1. The molecule has 0 aliphatic heterocycles. The minimum Gasteiger partial charge on any atom is -0.393 e. The maximum atomic E-state index is 13.0. The second kappa shape index (κ2) is 9.64. The highest BCUT2D eigenvalue weighted by atomic mass is 32.2. The first-order valence-corrected chi connectivity index (χ1v) is 10.9. The molecule has 2 amide bonds. The van der Waals surface area contributed by atoms with E-state index in [1.165, 1.54) is 0 Å². The van der Waals surface area contributed by atoms with Gasteiger partial charge in [-0.05, 0) is 62.3 Å². The summed E-state index contributed by atoms with van der Waals surface area (Å²) < 4.78 is 45.3. The first-order chi connectivity index (χ1) is 13.6. The SMILES string of the molecule is CC(OCC1(C)CCC(O)CC1)C(NC=O)C(=O)NS(=O)(=O)c1ccc(F)cc1. The lowest BCUT2D eigenvalue weighted by molar-refractivity contribution is -0.129. The smallest absolute Gasteiger partial charge is 0.264 e. The fourth-order valence-corrected chi connectivity index (χ4v) is 4.24. The number of ether oxygens (including phenoxy) is 1. The highest BCUT2D eigenvalue weighted by Gasteiger charge is 2.34. The maximum Gasteiger partial charge on any atom is 0.264 e. The molecule has 2 unspecified atom stereocenters. The lowest BCUT2D eigenvalue weighted by Gasteiger charge is -2.36. The van der Waals surface area contributed by atoms with Gasteiger partial charge in [-0.1, -0.05) is 6.92 Å². The van der Waals surface area contributed by atoms with Crippen molar-refractivity contribution in [1.82, 2.24) is 10.0 Å². The minimum atomic E-state index is -4.23. The standard InChI is InChI=1S/C19H27FN2O6S/c1-13(28-11-19(2)9-7-15(24)8-10-19)17(21-12-23)18(25)22-29(26,27)16-5-3-14(20)4-6-16/h3-6,12-13,15,17,24H,7-11H2,1-2H3,(H,21,23)(H,22,25). The van der Waals surface area contributed by atoms with Gasteiger partial charge in [0.1, 0.15) is 11.9 Å². The molecule has 0 spiro atoms. The van der Waals surface area contributed by atoms with Crippen molar-refractivity contribution in [3.63, 3.8) is 0 Å². The number of nitrogens with one attached hydrogen (secondary N) is 2. The zero-order valence-corrected chi connectivity index (χ0v) is 17.2. The molecule has 29 heavy (non-hydrogen) atoms. The highest BCUT2D eigenvalue weighted by molar-refractivity contribution is 7.90. The van der Waals surface area contributed by atoms with Gasteiger partial charge in [0.05, 0.1) is 23.7 Å². The number of carbonyl (C=O) groups excluding carboxylic acids is 2. The van der Waals surface area contributed by atoms with E-state index in [1.807, 2.05) is 11.6 Å². The second-order valence-corrected chi connectivity index (χ2v) is 9.43. The Morgan fingerprint density at radius 2 is 1.93 bits per heavy atom. The molecule has 162 valence electrons. The predicted molar refractivity (Wildman–Crippen MR) is 103 cm³/mol. The van der Waals surface area contributed by atoms with Gasteiger partial charge >= 0.3 is 0 Å². The van der Waals surface area contributed by atoms with E-state index in [4.69, 9.17) is 4.74 Å². The number of hydrogen-bond donors (Lipinski definition) is 3. The Bertz CT molecular complexity index is 806. The number of amides is 2. The number of halogens is 1. The van der Waals surface area contributed by atoms with E-state index >= 15 is 0 Å². The summed E-state index contributed by atoms with van der Waals surface area (Å²) >= 11 is 0. The van der Waals surface area contributed by atoms with Gasteiger partial charge in [0.2, 0.25) is 6.41 Å². The van der Waals surface area contributed by atoms with Crippen LogP contribution in [0.25, 0.3) is 0 Å². The van der Waals surface area contributed by atoms with Crippen LogP contribution < -0.4 is 10.0 Å². The van der Waals surface area contributed by atoms with Crippen LogP contribution in [0.5, 0.6) is 0 Å². The van der Waals surface area contributed by atoms with Gasteiger partial charge in [-0.3, -0.25) is 9.59 Å². The number of carbonyl (C=O) groups is 2. The highest BCUT2D eigenvalue weighted by Crippen LogP contribution is 2.36. The lowest BCUT2D eigenvalue weighted by atomic mass is 9.75. The molecule has 2 atom stereocenters. The van der Waals surface area contributed by atoms with E-state index in [1.54, 1.807) is 6.92 Å². The van der Waals surface area contributed by atoms with Crippen LogP contribution >= 0.6 is 0 Å². The third kappa shape index (κ3) is 6.48. The number of rotatable bonds is 9. The number of aliphatic hydroxyl groups is 1. The van der Waals surface area contributed by atoms with Crippen LogP contribution in [0.3, 0.4) is 0 Å². The van der Waals surface area contributed by atoms with E-state index in [0.29, 0.717) is 25.9 Å². The topological polar surface area (TPSA) is 122 Å². The van der Waals surface area contributed by atoms with Gasteiger partial charge in [-0.25, -0.2) is 17.5 Å². The third-order valence-electron chi connectivity index (χ3n) is 5.22. The Kier molecular flexibility index (Phi) is 7.73. The van der Waals surface area contributed by atoms with Crippen LogP contribution in [0, 0.1) is 11.2 Å². The molecule has 10 heteroatoms. The summed E-state index contributed by atoms with van der Waals surface area (Å²) in [5.41, 5.74) is -0.171. The van der Waals surface area contributed by atoms with Crippen LogP contribution in [-0.4, -0.2) is 50.7 Å². The first kappa shape index (κ1) is 23.2. The molecule has 0 saturated heterocycles. The molecule has 3 N–H and O–H groups in total. The summed E-state index contributed by atoms with van der Waals surface area (Å²) in [6, 6.07) is 2.76. The Balaban J connectivity index is 2.02. The molecule has 0 aromatic heterocycles. The summed E-state index contributed by atoms with van der Waals surface area (Å²) in [6.45, 7) is 3.88. The van der Waals surface area contributed by atoms with Crippen molar-refractivity contribution >= 4 is 22.3 Å². The first-order valence-electron chi connectivity index (χ1n) is 9.38. The van der Waals surface area contributed by atoms with E-state index in [2.05, 4.69) is 5.32 Å². The van der Waals surface area contributed by atoms with Gasteiger partial charge in [0.25, 0.3) is 15.9 Å². The third-order valence-corrected chi connectivity index (χ3v) is 6.58. The average Bonchev–Trinajstić information content (AvgIpc) is 2.67. The molecule has 0 bridgehead atoms. The van der Waals surface area contributed by atoms with Gasteiger partial charge in [0, 0.05) is 0 Å². The van der Waals surface area contributed by atoms with Gasteiger partial charge in [0.15, 0.2) is 0 Å². The Hall–Kier alpha value is -2.04. The van der Waals surface area contributed by atoms with Crippen molar-refractivity contribution in [2.45, 2.75) is 62.7 Å². The molecule has 2 rings (SSSR count). The molecule has 0 heterocycles. The maximum absolute atomic E-state index is 13.0. The van der Waals surface area contributed by atoms with E-state index < -0.39 is 33.9 Å². The zero-order valence-electron chi connectivity index (χ0n) is 16.4. The van der Waals surface area contributed by atoms with Gasteiger partial charge < -0.3 is 15.2 Å². The predicted octanol–water partition coefficient (Wildman–Crippen LogP) is 1.09. The minimum absolute atomic E-state index is 0.171. The molecule has 1 saturated carbocycles. The summed E-state index contributed by atoms with van der Waals surface area (Å²) in [4.78, 5) is 23.2. The zero-order chi connectivity index (χ0) is 21.7. The number of hydrogen-bond acceptors (Lipinski definition) is 6. The molecule has 1 aliphatic rings. The van der Waals surface area contributed by atoms with Crippen molar-refractivity contribution in [1.29, 1.82) is 0 Å². The molecule has 1 aromatic rings. The van der Waals surface area contributed by atoms with Crippen LogP contribution in [0.2, 0.25) is 0 Å². The van der Waals surface area contributed by atoms with Gasteiger partial charge in [-0.2, -0.15) is 0 Å². The van der Waals surface area contributed by atoms with Crippen LogP contribution in [0.4, 0.5) is 4.39 Å². The Labute approximate surface area is 169 Å². The van der Waals surface area contributed by atoms with E-state index in [-0.39, 0.29) is 16.4 Å². The molecule has 0 radical (unpaired) electrons. The van der Waals surface area contributed by atoms with Crippen LogP contribution in [-0.2, 0) is 24.3 Å². The van der Waals surface area contributed by atoms with Crippen molar-refractivity contribution in [2.24, 2.45) is 5.41 Å². The average molecular weight is 430 g/mol. The molecular formula is C19H27FN2O6S. The summed E-state index contributed by atoms with van der Waals surface area (Å²) in [7, 11) is -4.23. The fraction of sp³-hybridized carbons (Fsp3) is 0.579. The molecule has 1 aromatic carbocycles. The Morgan fingerprint density at radius 3 is 2.48 bits per heavy atom. The molecule has 1 aliphatic carbocycles. The van der Waals surface area contributed by atoms with Crippen molar-refractivity contribution in [3.05, 3.63) is 30.1 Å². The van der Waals surface area contributed by atoms with Crippen molar-refractivity contribution in [2.75, 3.05) is 6.61 Å². The number of aliphatic hydroxyl groups excluding tert-OH is 1. The number of sulfonamides is 1. The van der Waals surface area contributed by atoms with Crippen LogP contribution in [0.15, 0.2) is 29.2 Å². The normalized spacial score (nSPS) is 24.3. The lowest BCUT2D eigenvalue weighted by Crippen LogP contribution is -2.52. The fourth-order valence-electron chi connectivity index (χ4n) is 3.24. The van der Waals surface area contributed by atoms with Crippen LogP contribution in [0.1, 0.15) is 39.5 Å². The largest absolute Gasteiger partial charge is 0.393 e. The van der Waals surface area contributed by atoms with Crippen molar-refractivity contribution in [3.8, 4) is 0 Å². The van der Waals surface area contributed by atoms with Gasteiger partial charge in [-0.15, -0.1) is 0 Å².